The number of hydrogen-bond acceptors (Lipinski definition) is 4. The Morgan fingerprint density at radius 2 is 2.32 bits per heavy atom. The molecule has 4 nitrogen and oxygen atoms in total. The number of anilines is 1. The molecule has 0 aromatic carbocycles. The molecule has 0 atom stereocenters. The Morgan fingerprint density at radius 3 is 2.95 bits per heavy atom. The Bertz CT molecular complexity index is 537. The van der Waals surface area contributed by atoms with E-state index in [9.17, 15) is 4.79 Å². The van der Waals surface area contributed by atoms with Crippen LogP contribution in [0.3, 0.4) is 0 Å². The van der Waals surface area contributed by atoms with Crippen molar-refractivity contribution < 1.29 is 4.79 Å². The van der Waals surface area contributed by atoms with Crippen LogP contribution in [0.1, 0.15) is 37.4 Å². The summed E-state index contributed by atoms with van der Waals surface area (Å²) in [6.07, 6.45) is 4.66. The van der Waals surface area contributed by atoms with Gasteiger partial charge in [-0.25, -0.2) is 4.98 Å². The number of nitrogens with one attached hydrogen (secondary N) is 1. The highest BCUT2D eigenvalue weighted by Gasteiger charge is 2.08. The number of aryl methyl sites for hydroxylation is 1. The van der Waals surface area contributed by atoms with E-state index in [2.05, 4.69) is 29.1 Å². The molecule has 2 aromatic heterocycles. The van der Waals surface area contributed by atoms with Gasteiger partial charge in [0.25, 0.3) is 0 Å². The number of carbonyl (C=O) groups is 1. The zero-order valence-corrected chi connectivity index (χ0v) is 11.9. The van der Waals surface area contributed by atoms with E-state index in [4.69, 9.17) is 0 Å². The van der Waals surface area contributed by atoms with Crippen molar-refractivity contribution >= 4 is 22.4 Å². The van der Waals surface area contributed by atoms with Gasteiger partial charge < -0.3 is 5.32 Å². The molecule has 1 N–H and O–H groups in total. The van der Waals surface area contributed by atoms with E-state index < -0.39 is 0 Å². The van der Waals surface area contributed by atoms with Crippen molar-refractivity contribution in [2.45, 2.75) is 32.6 Å². The standard InChI is InChI=1S/C14H17N3OS/c1-10(2)12-9-19-14(16-12)17-13(18)6-5-11-4-3-7-15-8-11/h3-4,7-10H,5-6H2,1-2H3,(H,16,17,18). The molecule has 0 aliphatic heterocycles. The van der Waals surface area contributed by atoms with E-state index in [1.165, 1.54) is 11.3 Å². The minimum atomic E-state index is -0.00601. The number of carbonyl (C=O) groups excluding carboxylic acids is 1. The van der Waals surface area contributed by atoms with Gasteiger partial charge in [0.15, 0.2) is 5.13 Å². The number of rotatable bonds is 5. The highest BCUT2D eigenvalue weighted by Crippen LogP contribution is 2.21. The fraction of sp³-hybridized carbons (Fsp3) is 0.357. The van der Waals surface area contributed by atoms with E-state index in [-0.39, 0.29) is 5.91 Å². The first kappa shape index (κ1) is 13.7. The van der Waals surface area contributed by atoms with Crippen molar-refractivity contribution in [3.05, 3.63) is 41.2 Å². The predicted octanol–water partition coefficient (Wildman–Crippen LogP) is 3.23. The topological polar surface area (TPSA) is 54.9 Å². The van der Waals surface area contributed by atoms with E-state index >= 15 is 0 Å². The van der Waals surface area contributed by atoms with Gasteiger partial charge >= 0.3 is 0 Å². The summed E-state index contributed by atoms with van der Waals surface area (Å²) in [6, 6.07) is 3.85. The maximum absolute atomic E-state index is 11.8. The van der Waals surface area contributed by atoms with Crippen molar-refractivity contribution in [1.29, 1.82) is 0 Å². The van der Waals surface area contributed by atoms with E-state index in [0.29, 0.717) is 23.9 Å². The van der Waals surface area contributed by atoms with Crippen LogP contribution in [-0.4, -0.2) is 15.9 Å². The van der Waals surface area contributed by atoms with Gasteiger partial charge in [-0.2, -0.15) is 0 Å². The second-order valence-corrected chi connectivity index (χ2v) is 5.50. The maximum Gasteiger partial charge on any atom is 0.226 e. The van der Waals surface area contributed by atoms with Crippen molar-refractivity contribution in [3.63, 3.8) is 0 Å². The van der Waals surface area contributed by atoms with Gasteiger partial charge in [0.05, 0.1) is 5.69 Å². The lowest BCUT2D eigenvalue weighted by Crippen LogP contribution is -2.12. The van der Waals surface area contributed by atoms with Gasteiger partial charge in [-0.3, -0.25) is 9.78 Å². The molecule has 1 amide bonds. The SMILES string of the molecule is CC(C)c1csc(NC(=O)CCc2cccnc2)n1. The summed E-state index contributed by atoms with van der Waals surface area (Å²) >= 11 is 1.47. The zero-order chi connectivity index (χ0) is 13.7. The zero-order valence-electron chi connectivity index (χ0n) is 11.1. The molecular formula is C14H17N3OS. The van der Waals surface area contributed by atoms with Gasteiger partial charge in [-0.15, -0.1) is 11.3 Å². The quantitative estimate of drug-likeness (QED) is 0.911. The molecule has 0 aliphatic carbocycles. The summed E-state index contributed by atoms with van der Waals surface area (Å²) in [7, 11) is 0. The predicted molar refractivity (Wildman–Crippen MR) is 77.4 cm³/mol. The molecular weight excluding hydrogens is 258 g/mol. The number of pyridine rings is 1. The van der Waals surface area contributed by atoms with Crippen LogP contribution < -0.4 is 5.32 Å². The Morgan fingerprint density at radius 1 is 1.47 bits per heavy atom. The molecule has 0 saturated heterocycles. The van der Waals surface area contributed by atoms with Gasteiger partial charge in [0.1, 0.15) is 0 Å². The molecule has 0 bridgehead atoms. The average Bonchev–Trinajstić information content (AvgIpc) is 2.86. The Labute approximate surface area is 116 Å². The summed E-state index contributed by atoms with van der Waals surface area (Å²) in [4.78, 5) is 20.2. The first-order valence-corrected chi connectivity index (χ1v) is 7.17. The highest BCUT2D eigenvalue weighted by atomic mass is 32.1. The Kier molecular flexibility index (Phi) is 4.63. The summed E-state index contributed by atoms with van der Waals surface area (Å²) in [5, 5.41) is 5.50. The van der Waals surface area contributed by atoms with E-state index in [0.717, 1.165) is 11.3 Å². The molecule has 0 fully saturated rings. The Balaban J connectivity index is 1.84. The second-order valence-electron chi connectivity index (χ2n) is 4.64. The lowest BCUT2D eigenvalue weighted by Gasteiger charge is -2.02. The summed E-state index contributed by atoms with van der Waals surface area (Å²) in [6.45, 7) is 4.17. The smallest absolute Gasteiger partial charge is 0.226 e. The van der Waals surface area contributed by atoms with Crippen LogP contribution in [-0.2, 0) is 11.2 Å². The molecule has 0 radical (unpaired) electrons. The largest absolute Gasteiger partial charge is 0.302 e. The van der Waals surface area contributed by atoms with Crippen molar-refractivity contribution in [2.75, 3.05) is 5.32 Å². The van der Waals surface area contributed by atoms with E-state index in [1.54, 1.807) is 12.4 Å². The van der Waals surface area contributed by atoms with Crippen molar-refractivity contribution in [2.24, 2.45) is 0 Å². The highest BCUT2D eigenvalue weighted by molar-refractivity contribution is 7.13. The average molecular weight is 275 g/mol. The molecule has 2 heterocycles. The third kappa shape index (κ3) is 4.13. The summed E-state index contributed by atoms with van der Waals surface area (Å²) in [5.41, 5.74) is 2.09. The van der Waals surface area contributed by atoms with Crippen LogP contribution in [0.2, 0.25) is 0 Å². The Hall–Kier alpha value is -1.75. The molecule has 2 aromatic rings. The minimum absolute atomic E-state index is 0.00601. The van der Waals surface area contributed by atoms with Crippen LogP contribution in [0.15, 0.2) is 29.9 Å². The van der Waals surface area contributed by atoms with Gasteiger partial charge in [0, 0.05) is 24.2 Å². The normalized spacial score (nSPS) is 10.7. The molecule has 0 aliphatic rings. The van der Waals surface area contributed by atoms with Crippen LogP contribution in [0, 0.1) is 0 Å². The van der Waals surface area contributed by atoms with Crippen LogP contribution in [0.25, 0.3) is 0 Å². The van der Waals surface area contributed by atoms with Crippen LogP contribution in [0.5, 0.6) is 0 Å². The first-order chi connectivity index (χ1) is 9.15. The second kappa shape index (κ2) is 6.43. The molecule has 2 rings (SSSR count). The first-order valence-electron chi connectivity index (χ1n) is 6.29. The fourth-order valence-electron chi connectivity index (χ4n) is 1.59. The molecule has 0 spiro atoms. The van der Waals surface area contributed by atoms with Gasteiger partial charge in [-0.05, 0) is 24.0 Å². The third-order valence-corrected chi connectivity index (χ3v) is 3.50. The minimum Gasteiger partial charge on any atom is -0.302 e. The maximum atomic E-state index is 11.8. The van der Waals surface area contributed by atoms with Crippen LogP contribution in [0.4, 0.5) is 5.13 Å². The number of thiazole rings is 1. The lowest BCUT2D eigenvalue weighted by molar-refractivity contribution is -0.116. The van der Waals surface area contributed by atoms with E-state index in [1.807, 2.05) is 17.5 Å². The number of amides is 1. The molecule has 0 unspecified atom stereocenters. The van der Waals surface area contributed by atoms with Crippen LogP contribution >= 0.6 is 11.3 Å². The van der Waals surface area contributed by atoms with Crippen molar-refractivity contribution in [1.82, 2.24) is 9.97 Å². The van der Waals surface area contributed by atoms with Crippen molar-refractivity contribution in [3.8, 4) is 0 Å². The summed E-state index contributed by atoms with van der Waals surface area (Å²) in [5.74, 6) is 0.380. The molecule has 100 valence electrons. The third-order valence-electron chi connectivity index (χ3n) is 2.72. The van der Waals surface area contributed by atoms with Gasteiger partial charge in [-0.1, -0.05) is 19.9 Å². The fourth-order valence-corrected chi connectivity index (χ4v) is 2.48. The monoisotopic (exact) mass is 275 g/mol. The number of hydrogen-bond donors (Lipinski definition) is 1. The van der Waals surface area contributed by atoms with Gasteiger partial charge in [0.2, 0.25) is 5.91 Å². The molecule has 0 saturated carbocycles. The molecule has 19 heavy (non-hydrogen) atoms. The summed E-state index contributed by atoms with van der Waals surface area (Å²) < 4.78 is 0. The number of aromatic nitrogens is 2. The molecule has 5 heteroatoms. The number of nitrogens with zero attached hydrogens (tertiary/aromatic N) is 2. The lowest BCUT2D eigenvalue weighted by atomic mass is 10.1.